The number of rotatable bonds is 4. The predicted molar refractivity (Wildman–Crippen MR) is 45.2 cm³/mol. The minimum absolute atomic E-state index is 0.0375. The predicted octanol–water partition coefficient (Wildman–Crippen LogP) is 2.04. The first kappa shape index (κ1) is 10.6. The molecule has 1 N–H and O–H groups in total. The van der Waals surface area contributed by atoms with Crippen LogP contribution >= 0.6 is 0 Å². The summed E-state index contributed by atoms with van der Waals surface area (Å²) in [6.07, 6.45) is -1.37. The zero-order chi connectivity index (χ0) is 10.6. The SMILES string of the molecule is O=C(O)CCc1ncccc1C(F)F. The van der Waals surface area contributed by atoms with Crippen molar-refractivity contribution < 1.29 is 18.7 Å². The molecule has 0 atom stereocenters. The molecular formula is C9H9F2NO2. The van der Waals surface area contributed by atoms with Crippen molar-refractivity contribution in [3.8, 4) is 0 Å². The molecule has 1 rings (SSSR count). The number of aryl methyl sites for hydroxylation is 1. The van der Waals surface area contributed by atoms with Crippen molar-refractivity contribution in [3.63, 3.8) is 0 Å². The van der Waals surface area contributed by atoms with Gasteiger partial charge in [-0.05, 0) is 12.1 Å². The molecule has 1 aromatic heterocycles. The van der Waals surface area contributed by atoms with Crippen LogP contribution in [-0.4, -0.2) is 16.1 Å². The van der Waals surface area contributed by atoms with Crippen molar-refractivity contribution in [3.05, 3.63) is 29.6 Å². The van der Waals surface area contributed by atoms with Gasteiger partial charge in [-0.25, -0.2) is 8.78 Å². The third-order valence-corrected chi connectivity index (χ3v) is 1.74. The van der Waals surface area contributed by atoms with E-state index in [4.69, 9.17) is 5.11 Å². The summed E-state index contributed by atoms with van der Waals surface area (Å²) in [5, 5.41) is 8.39. The van der Waals surface area contributed by atoms with Gasteiger partial charge in [-0.2, -0.15) is 0 Å². The molecule has 0 saturated carbocycles. The number of carboxylic acids is 1. The second-order valence-corrected chi connectivity index (χ2v) is 2.73. The summed E-state index contributed by atoms with van der Waals surface area (Å²) in [6.45, 7) is 0. The van der Waals surface area contributed by atoms with Gasteiger partial charge in [0.15, 0.2) is 0 Å². The van der Waals surface area contributed by atoms with E-state index in [1.807, 2.05) is 0 Å². The molecule has 0 aliphatic heterocycles. The molecule has 0 amide bonds. The fourth-order valence-electron chi connectivity index (χ4n) is 1.08. The van der Waals surface area contributed by atoms with E-state index in [1.54, 1.807) is 0 Å². The molecule has 14 heavy (non-hydrogen) atoms. The number of hydrogen-bond acceptors (Lipinski definition) is 2. The molecule has 0 aromatic carbocycles. The summed E-state index contributed by atoms with van der Waals surface area (Å²) >= 11 is 0. The first-order valence-electron chi connectivity index (χ1n) is 4.05. The first-order chi connectivity index (χ1) is 6.61. The maximum absolute atomic E-state index is 12.4. The highest BCUT2D eigenvalue weighted by Crippen LogP contribution is 2.21. The normalized spacial score (nSPS) is 10.5. The first-order valence-corrected chi connectivity index (χ1v) is 4.05. The van der Waals surface area contributed by atoms with Crippen LogP contribution in [0.15, 0.2) is 18.3 Å². The van der Waals surface area contributed by atoms with Gasteiger partial charge in [0.25, 0.3) is 6.43 Å². The molecule has 0 unspecified atom stereocenters. The molecule has 0 bridgehead atoms. The third-order valence-electron chi connectivity index (χ3n) is 1.74. The Morgan fingerprint density at radius 1 is 1.57 bits per heavy atom. The van der Waals surface area contributed by atoms with Crippen molar-refractivity contribution >= 4 is 5.97 Å². The minimum atomic E-state index is -2.60. The lowest BCUT2D eigenvalue weighted by Gasteiger charge is -2.05. The van der Waals surface area contributed by atoms with Crippen LogP contribution < -0.4 is 0 Å². The van der Waals surface area contributed by atoms with Crippen LogP contribution in [0.1, 0.15) is 24.1 Å². The number of nitrogens with zero attached hydrogens (tertiary/aromatic N) is 1. The maximum Gasteiger partial charge on any atom is 0.303 e. The molecule has 0 spiro atoms. The molecule has 0 aliphatic carbocycles. The van der Waals surface area contributed by atoms with Crippen LogP contribution in [0.4, 0.5) is 8.78 Å². The van der Waals surface area contributed by atoms with Crippen LogP contribution in [0.5, 0.6) is 0 Å². The van der Waals surface area contributed by atoms with E-state index in [1.165, 1.54) is 18.3 Å². The van der Waals surface area contributed by atoms with Gasteiger partial charge in [0.05, 0.1) is 6.42 Å². The number of pyridine rings is 1. The lowest BCUT2D eigenvalue weighted by Crippen LogP contribution is -2.02. The Morgan fingerprint density at radius 3 is 2.86 bits per heavy atom. The van der Waals surface area contributed by atoms with Gasteiger partial charge < -0.3 is 5.11 Å². The standard InChI is InChI=1S/C9H9F2NO2/c10-9(11)6-2-1-5-12-7(6)3-4-8(13)14/h1-2,5,9H,3-4H2,(H,13,14). The monoisotopic (exact) mass is 201 g/mol. The Hall–Kier alpha value is -1.52. The molecule has 0 fully saturated rings. The molecule has 0 saturated heterocycles. The van der Waals surface area contributed by atoms with E-state index in [-0.39, 0.29) is 24.1 Å². The second-order valence-electron chi connectivity index (χ2n) is 2.73. The second kappa shape index (κ2) is 4.64. The number of hydrogen-bond donors (Lipinski definition) is 1. The van der Waals surface area contributed by atoms with Crippen molar-refractivity contribution in [1.29, 1.82) is 0 Å². The fraction of sp³-hybridized carbons (Fsp3) is 0.333. The average Bonchev–Trinajstić information content (AvgIpc) is 2.15. The summed E-state index contributed by atoms with van der Waals surface area (Å²) in [5.41, 5.74) is -0.0290. The highest BCUT2D eigenvalue weighted by molar-refractivity contribution is 5.67. The minimum Gasteiger partial charge on any atom is -0.481 e. The molecule has 0 aliphatic rings. The molecular weight excluding hydrogens is 192 g/mol. The van der Waals surface area contributed by atoms with Gasteiger partial charge in [0, 0.05) is 23.9 Å². The molecule has 76 valence electrons. The fourth-order valence-corrected chi connectivity index (χ4v) is 1.08. The Labute approximate surface area is 79.4 Å². The number of aromatic nitrogens is 1. The number of aliphatic carboxylic acids is 1. The van der Waals surface area contributed by atoms with Crippen LogP contribution in [0.2, 0.25) is 0 Å². The Kier molecular flexibility index (Phi) is 3.50. The molecule has 1 aromatic rings. The Morgan fingerprint density at radius 2 is 2.29 bits per heavy atom. The summed E-state index contributed by atoms with van der Waals surface area (Å²) in [6, 6.07) is 2.67. The quantitative estimate of drug-likeness (QED) is 0.810. The van der Waals surface area contributed by atoms with Crippen molar-refractivity contribution in [2.24, 2.45) is 0 Å². The maximum atomic E-state index is 12.4. The summed E-state index contributed by atoms with van der Waals surface area (Å²) in [7, 11) is 0. The lowest BCUT2D eigenvalue weighted by molar-refractivity contribution is -0.137. The zero-order valence-electron chi connectivity index (χ0n) is 7.28. The highest BCUT2D eigenvalue weighted by Gasteiger charge is 2.13. The van der Waals surface area contributed by atoms with Gasteiger partial charge in [-0.3, -0.25) is 9.78 Å². The van der Waals surface area contributed by atoms with Crippen LogP contribution in [0, 0.1) is 0 Å². The number of halogens is 2. The van der Waals surface area contributed by atoms with Gasteiger partial charge in [0.1, 0.15) is 0 Å². The summed E-state index contributed by atoms with van der Waals surface area (Å²) in [4.78, 5) is 14.0. The lowest BCUT2D eigenvalue weighted by atomic mass is 10.1. The zero-order valence-corrected chi connectivity index (χ0v) is 7.28. The van der Waals surface area contributed by atoms with Gasteiger partial charge in [-0.15, -0.1) is 0 Å². The molecule has 0 radical (unpaired) electrons. The smallest absolute Gasteiger partial charge is 0.303 e. The van der Waals surface area contributed by atoms with Crippen molar-refractivity contribution in [2.45, 2.75) is 19.3 Å². The van der Waals surface area contributed by atoms with Crippen LogP contribution in [0.3, 0.4) is 0 Å². The third kappa shape index (κ3) is 2.76. The van der Waals surface area contributed by atoms with Crippen molar-refractivity contribution in [2.75, 3.05) is 0 Å². The Balaban J connectivity index is 2.79. The van der Waals surface area contributed by atoms with E-state index in [2.05, 4.69) is 4.98 Å². The number of carboxylic acid groups (broad SMARTS) is 1. The average molecular weight is 201 g/mol. The van der Waals surface area contributed by atoms with E-state index in [9.17, 15) is 13.6 Å². The summed E-state index contributed by atoms with van der Waals surface area (Å²) < 4.78 is 24.7. The number of alkyl halides is 2. The number of carbonyl (C=O) groups is 1. The Bertz CT molecular complexity index is 328. The van der Waals surface area contributed by atoms with Gasteiger partial charge >= 0.3 is 5.97 Å². The van der Waals surface area contributed by atoms with E-state index >= 15 is 0 Å². The van der Waals surface area contributed by atoms with Gasteiger partial charge in [0.2, 0.25) is 0 Å². The van der Waals surface area contributed by atoms with Gasteiger partial charge in [-0.1, -0.05) is 0 Å². The largest absolute Gasteiger partial charge is 0.481 e. The van der Waals surface area contributed by atoms with Crippen LogP contribution in [0.25, 0.3) is 0 Å². The van der Waals surface area contributed by atoms with E-state index in [0.29, 0.717) is 0 Å². The molecule has 3 nitrogen and oxygen atoms in total. The van der Waals surface area contributed by atoms with Crippen molar-refractivity contribution in [1.82, 2.24) is 4.98 Å². The highest BCUT2D eigenvalue weighted by atomic mass is 19.3. The van der Waals surface area contributed by atoms with Crippen LogP contribution in [-0.2, 0) is 11.2 Å². The summed E-state index contributed by atoms with van der Waals surface area (Å²) in [5.74, 6) is -1.02. The molecule has 1 heterocycles. The molecule has 5 heteroatoms. The topological polar surface area (TPSA) is 50.2 Å². The van der Waals surface area contributed by atoms with E-state index in [0.717, 1.165) is 0 Å². The van der Waals surface area contributed by atoms with E-state index < -0.39 is 12.4 Å².